The molecular weight excluding hydrogens is 366 g/mol. The third-order valence-corrected chi connectivity index (χ3v) is 4.48. The average Bonchev–Trinajstić information content (AvgIpc) is 2.66. The van der Waals surface area contributed by atoms with Crippen molar-refractivity contribution in [3.63, 3.8) is 0 Å². The molecule has 2 N–H and O–H groups in total. The number of nitrogens with zero attached hydrogens (tertiary/aromatic N) is 1. The lowest BCUT2D eigenvalue weighted by atomic mass is 9.86. The Morgan fingerprint density at radius 2 is 1.69 bits per heavy atom. The largest absolute Gasteiger partial charge is 0.319 e. The molecule has 2 aromatic carbocycles. The van der Waals surface area contributed by atoms with Crippen molar-refractivity contribution < 1.29 is 9.59 Å². The molecule has 0 fully saturated rings. The highest BCUT2D eigenvalue weighted by molar-refractivity contribution is 6.46. The monoisotopic (exact) mass is 389 g/mol. The molecule has 0 aliphatic heterocycles. The summed E-state index contributed by atoms with van der Waals surface area (Å²) in [4.78, 5) is 43.5. The van der Waals surface area contributed by atoms with E-state index in [0.29, 0.717) is 28.3 Å². The highest BCUT2D eigenvalue weighted by atomic mass is 16.2. The van der Waals surface area contributed by atoms with E-state index in [1.54, 1.807) is 43.3 Å². The first-order valence-electron chi connectivity index (χ1n) is 9.28. The molecule has 0 saturated heterocycles. The van der Waals surface area contributed by atoms with Crippen molar-refractivity contribution in [2.45, 2.75) is 33.1 Å². The van der Waals surface area contributed by atoms with Gasteiger partial charge in [-0.2, -0.15) is 0 Å². The minimum absolute atomic E-state index is 0.0327. The molecule has 1 amide bonds. The van der Waals surface area contributed by atoms with Crippen molar-refractivity contribution in [1.29, 1.82) is 0 Å². The number of amides is 1. The summed E-state index contributed by atoms with van der Waals surface area (Å²) in [5.74, 6) is -0.940. The fourth-order valence-corrected chi connectivity index (χ4v) is 2.90. The molecular formula is C23H23N3O3. The van der Waals surface area contributed by atoms with Crippen LogP contribution in [0.15, 0.2) is 59.4 Å². The number of benzene rings is 2. The second kappa shape index (κ2) is 7.83. The van der Waals surface area contributed by atoms with E-state index in [1.807, 2.05) is 12.1 Å². The van der Waals surface area contributed by atoms with Crippen LogP contribution in [0.25, 0.3) is 11.4 Å². The molecule has 0 spiro atoms. The number of carbonyl (C=O) groups is 2. The summed E-state index contributed by atoms with van der Waals surface area (Å²) in [5.41, 5.74) is 2.79. The minimum atomic E-state index is -0.726. The predicted octanol–water partition coefficient (Wildman–Crippen LogP) is 3.86. The third kappa shape index (κ3) is 4.85. The van der Waals surface area contributed by atoms with Crippen LogP contribution in [-0.4, -0.2) is 21.7 Å². The first kappa shape index (κ1) is 20.2. The topological polar surface area (TPSA) is 91.9 Å². The van der Waals surface area contributed by atoms with Gasteiger partial charge in [-0.25, -0.2) is 4.98 Å². The van der Waals surface area contributed by atoms with Crippen LogP contribution in [0.4, 0.5) is 5.69 Å². The van der Waals surface area contributed by atoms with Gasteiger partial charge in [-0.1, -0.05) is 57.2 Å². The van der Waals surface area contributed by atoms with Crippen molar-refractivity contribution in [2.75, 3.05) is 5.32 Å². The van der Waals surface area contributed by atoms with Gasteiger partial charge in [0.25, 0.3) is 17.2 Å². The van der Waals surface area contributed by atoms with Gasteiger partial charge in [-0.3, -0.25) is 14.4 Å². The first-order valence-corrected chi connectivity index (χ1v) is 9.28. The molecule has 1 aromatic heterocycles. The summed E-state index contributed by atoms with van der Waals surface area (Å²) < 4.78 is 0. The molecule has 0 unspecified atom stereocenters. The summed E-state index contributed by atoms with van der Waals surface area (Å²) in [6, 6.07) is 15.3. The number of ketones is 1. The van der Waals surface area contributed by atoms with Crippen molar-refractivity contribution in [3.05, 3.63) is 81.8 Å². The van der Waals surface area contributed by atoms with Crippen LogP contribution in [0.1, 0.15) is 42.4 Å². The van der Waals surface area contributed by atoms with Gasteiger partial charge < -0.3 is 10.3 Å². The molecule has 3 aromatic rings. The quantitative estimate of drug-likeness (QED) is 0.523. The second-order valence-electron chi connectivity index (χ2n) is 7.93. The van der Waals surface area contributed by atoms with Gasteiger partial charge in [0.15, 0.2) is 0 Å². The predicted molar refractivity (Wildman–Crippen MR) is 113 cm³/mol. The van der Waals surface area contributed by atoms with E-state index >= 15 is 0 Å². The van der Waals surface area contributed by atoms with Crippen molar-refractivity contribution >= 4 is 17.4 Å². The van der Waals surface area contributed by atoms with E-state index in [-0.39, 0.29) is 11.0 Å². The number of Topliss-reactive ketones (excluding diaryl/α,β-unsaturated/α-hetero) is 1. The molecule has 3 rings (SSSR count). The maximum atomic E-state index is 12.5. The average molecular weight is 389 g/mol. The van der Waals surface area contributed by atoms with E-state index in [0.717, 1.165) is 5.56 Å². The number of aromatic nitrogens is 2. The Labute approximate surface area is 169 Å². The van der Waals surface area contributed by atoms with Crippen molar-refractivity contribution in [3.8, 4) is 11.4 Å². The van der Waals surface area contributed by atoms with Crippen molar-refractivity contribution in [2.24, 2.45) is 0 Å². The fraction of sp³-hybridized carbons (Fsp3) is 0.217. The standard InChI is InChI=1S/C23H23N3O3/c1-14-12-19(27)26-21(24-14)16-6-5-7-18(13-16)25-22(29)20(28)15-8-10-17(11-9-15)23(2,3)4/h5-13H,1-4H3,(H,25,29)(H,24,26,27). The van der Waals surface area contributed by atoms with Crippen LogP contribution in [0.5, 0.6) is 0 Å². The number of nitrogens with one attached hydrogen (secondary N) is 2. The maximum absolute atomic E-state index is 12.5. The number of hydrogen-bond donors (Lipinski definition) is 2. The highest BCUT2D eigenvalue weighted by Crippen LogP contribution is 2.23. The molecule has 0 radical (unpaired) electrons. The minimum Gasteiger partial charge on any atom is -0.319 e. The Balaban J connectivity index is 1.78. The smallest absolute Gasteiger partial charge is 0.296 e. The number of rotatable bonds is 4. The fourth-order valence-electron chi connectivity index (χ4n) is 2.90. The number of anilines is 1. The van der Waals surface area contributed by atoms with Gasteiger partial charge in [0.2, 0.25) is 0 Å². The summed E-state index contributed by atoms with van der Waals surface area (Å²) in [7, 11) is 0. The van der Waals surface area contributed by atoms with Crippen LogP contribution < -0.4 is 10.9 Å². The molecule has 0 bridgehead atoms. The van der Waals surface area contributed by atoms with E-state index in [2.05, 4.69) is 36.1 Å². The molecule has 0 atom stereocenters. The SMILES string of the molecule is Cc1cc(=O)[nH]c(-c2cccc(NC(=O)C(=O)c3ccc(C(C)(C)C)cc3)c2)n1. The summed E-state index contributed by atoms with van der Waals surface area (Å²) in [6.45, 7) is 7.98. The van der Waals surface area contributed by atoms with E-state index in [1.165, 1.54) is 6.07 Å². The van der Waals surface area contributed by atoms with Crippen LogP contribution in [0, 0.1) is 6.92 Å². The molecule has 6 nitrogen and oxygen atoms in total. The molecule has 1 heterocycles. The Hall–Kier alpha value is -3.54. The van der Waals surface area contributed by atoms with E-state index in [4.69, 9.17) is 0 Å². The van der Waals surface area contributed by atoms with Crippen LogP contribution >= 0.6 is 0 Å². The zero-order valence-corrected chi connectivity index (χ0v) is 16.9. The number of aromatic amines is 1. The number of carbonyl (C=O) groups excluding carboxylic acids is 2. The Morgan fingerprint density at radius 1 is 1.00 bits per heavy atom. The Morgan fingerprint density at radius 3 is 2.31 bits per heavy atom. The lowest BCUT2D eigenvalue weighted by Gasteiger charge is -2.18. The van der Waals surface area contributed by atoms with Gasteiger partial charge >= 0.3 is 0 Å². The van der Waals surface area contributed by atoms with Crippen LogP contribution in [0.3, 0.4) is 0 Å². The van der Waals surface area contributed by atoms with Crippen LogP contribution in [-0.2, 0) is 10.2 Å². The Bertz CT molecular complexity index is 1120. The number of hydrogen-bond acceptors (Lipinski definition) is 4. The van der Waals surface area contributed by atoms with E-state index < -0.39 is 11.7 Å². The summed E-state index contributed by atoms with van der Waals surface area (Å²) in [6.07, 6.45) is 0. The first-order chi connectivity index (χ1) is 13.6. The van der Waals surface area contributed by atoms with Gasteiger partial charge in [0.05, 0.1) is 0 Å². The van der Waals surface area contributed by atoms with E-state index in [9.17, 15) is 14.4 Å². The maximum Gasteiger partial charge on any atom is 0.296 e. The zero-order chi connectivity index (χ0) is 21.2. The van der Waals surface area contributed by atoms with Gasteiger partial charge in [-0.05, 0) is 30.0 Å². The molecule has 0 aliphatic rings. The summed E-state index contributed by atoms with van der Waals surface area (Å²) >= 11 is 0. The highest BCUT2D eigenvalue weighted by Gasteiger charge is 2.19. The lowest BCUT2D eigenvalue weighted by Crippen LogP contribution is -2.23. The third-order valence-electron chi connectivity index (χ3n) is 4.48. The normalized spacial score (nSPS) is 11.2. The Kier molecular flexibility index (Phi) is 5.46. The van der Waals surface area contributed by atoms with Crippen LogP contribution in [0.2, 0.25) is 0 Å². The number of aryl methyl sites for hydroxylation is 1. The number of H-pyrrole nitrogens is 1. The van der Waals surface area contributed by atoms with Gasteiger partial charge in [-0.15, -0.1) is 0 Å². The molecule has 148 valence electrons. The molecule has 0 aliphatic carbocycles. The lowest BCUT2D eigenvalue weighted by molar-refractivity contribution is -0.112. The molecule has 0 saturated carbocycles. The molecule has 29 heavy (non-hydrogen) atoms. The second-order valence-corrected chi connectivity index (χ2v) is 7.93. The summed E-state index contributed by atoms with van der Waals surface area (Å²) in [5, 5.41) is 2.62. The molecule has 6 heteroatoms. The zero-order valence-electron chi connectivity index (χ0n) is 16.9. The van der Waals surface area contributed by atoms with Gasteiger partial charge in [0.1, 0.15) is 5.82 Å². The van der Waals surface area contributed by atoms with Gasteiger partial charge in [0, 0.05) is 28.6 Å². The van der Waals surface area contributed by atoms with Crippen molar-refractivity contribution in [1.82, 2.24) is 9.97 Å².